The number of carbonyl (C=O) groups excluding carboxylic acids is 2. The fraction of sp³-hybridized carbons (Fsp3) is 0.552. The van der Waals surface area contributed by atoms with E-state index >= 15 is 0 Å². The Balaban J connectivity index is 0.000000215. The van der Waals surface area contributed by atoms with Crippen LogP contribution in [0.2, 0.25) is 56.7 Å². The van der Waals surface area contributed by atoms with Gasteiger partial charge in [0.15, 0.2) is 0 Å². The number of hydrogen-bond acceptors (Lipinski definition) is 12. The molecule has 2 saturated carbocycles. The van der Waals surface area contributed by atoms with Crippen molar-refractivity contribution in [1.82, 2.24) is 39.7 Å². The third kappa shape index (κ3) is 19.9. The van der Waals surface area contributed by atoms with Gasteiger partial charge in [-0.2, -0.15) is 0 Å². The SMILES string of the molecule is CC(C)(C)OC(=O)N[C@H]1CCC[C@@H]1N.Cc1cnc(Cl)nc1-c1cn(COCC[Si](C)(C)C)c2cc(Br)ccc12.Cc1cnc(N[C@H]2CCC[C@@H]2NC(=O)OC(C)(C)C)nc1-c1cn(COCC[Si](C)(C)C)c2cc(Br)ccc12. The minimum absolute atomic E-state index is 0.0325. The van der Waals surface area contributed by atoms with Crippen molar-refractivity contribution in [3.8, 4) is 22.5 Å². The number of carbonyl (C=O) groups is 2. The molecule has 16 nitrogen and oxygen atoms in total. The predicted molar refractivity (Wildman–Crippen MR) is 333 cm³/mol. The fourth-order valence-corrected chi connectivity index (χ4v) is 11.6. The van der Waals surface area contributed by atoms with Gasteiger partial charge in [-0.1, -0.05) is 83.3 Å². The third-order valence-electron chi connectivity index (χ3n) is 13.4. The topological polar surface area (TPSA) is 195 Å². The maximum Gasteiger partial charge on any atom is 0.407 e. The fourth-order valence-electron chi connectivity index (χ4n) is 9.24. The van der Waals surface area contributed by atoms with E-state index < -0.39 is 33.4 Å². The molecule has 4 atom stereocenters. The predicted octanol–water partition coefficient (Wildman–Crippen LogP) is 14.9. The molecule has 0 saturated heterocycles. The van der Waals surface area contributed by atoms with Gasteiger partial charge in [-0.05, 0) is 153 Å². The van der Waals surface area contributed by atoms with Crippen molar-refractivity contribution >= 4 is 99.5 Å². The Morgan fingerprint density at radius 2 is 1.11 bits per heavy atom. The second-order valence-corrected chi connectivity index (χ2v) is 38.6. The summed E-state index contributed by atoms with van der Waals surface area (Å²) in [5, 5.41) is 11.8. The number of ether oxygens (including phenoxy) is 4. The van der Waals surface area contributed by atoms with Crippen molar-refractivity contribution in [2.45, 2.75) is 194 Å². The first-order valence-electron chi connectivity index (χ1n) is 27.5. The van der Waals surface area contributed by atoms with E-state index in [1.54, 1.807) is 6.20 Å². The van der Waals surface area contributed by atoms with Gasteiger partial charge >= 0.3 is 12.2 Å². The Bertz CT molecular complexity index is 3020. The first kappa shape index (κ1) is 63.8. The van der Waals surface area contributed by atoms with Crippen LogP contribution in [0.25, 0.3) is 44.3 Å². The largest absolute Gasteiger partial charge is 0.444 e. The van der Waals surface area contributed by atoms with E-state index in [2.05, 4.69) is 154 Å². The van der Waals surface area contributed by atoms with Crippen LogP contribution in [-0.2, 0) is 32.4 Å². The van der Waals surface area contributed by atoms with Gasteiger partial charge in [0.25, 0.3) is 0 Å². The molecule has 0 unspecified atom stereocenters. The molecule has 6 aromatic rings. The van der Waals surface area contributed by atoms with Crippen LogP contribution < -0.4 is 21.7 Å². The van der Waals surface area contributed by atoms with Gasteiger partial charge in [0.2, 0.25) is 11.2 Å². The van der Waals surface area contributed by atoms with Crippen LogP contribution in [-0.4, -0.2) is 106 Å². The molecule has 0 spiro atoms. The van der Waals surface area contributed by atoms with Crippen molar-refractivity contribution in [2.24, 2.45) is 5.73 Å². The lowest BCUT2D eigenvalue weighted by molar-refractivity contribution is 0.0490. The summed E-state index contributed by atoms with van der Waals surface area (Å²) in [5.74, 6) is 0.558. The second kappa shape index (κ2) is 27.6. The first-order chi connectivity index (χ1) is 36.9. The third-order valence-corrected chi connectivity index (χ3v) is 17.9. The van der Waals surface area contributed by atoms with Crippen LogP contribution in [0.5, 0.6) is 0 Å². The van der Waals surface area contributed by atoms with Gasteiger partial charge in [-0.15, -0.1) is 0 Å². The van der Waals surface area contributed by atoms with Crippen molar-refractivity contribution in [3.05, 3.63) is 86.5 Å². The number of aryl methyl sites for hydroxylation is 2. The number of alkyl carbamates (subject to hydrolysis) is 2. The number of nitrogens with two attached hydrogens (primary N) is 1. The number of hydrogen-bond donors (Lipinski definition) is 4. The molecule has 0 aliphatic heterocycles. The quantitative estimate of drug-likeness (QED) is 0.0407. The Morgan fingerprint density at radius 1 is 0.671 bits per heavy atom. The highest BCUT2D eigenvalue weighted by Crippen LogP contribution is 2.36. The van der Waals surface area contributed by atoms with Crippen molar-refractivity contribution < 1.29 is 28.5 Å². The number of aromatic nitrogens is 6. The second-order valence-electron chi connectivity index (χ2n) is 25.2. The zero-order chi connectivity index (χ0) is 58.0. The van der Waals surface area contributed by atoms with Crippen molar-refractivity contribution in [2.75, 3.05) is 18.5 Å². The summed E-state index contributed by atoms with van der Waals surface area (Å²) in [7, 11) is -2.25. The Kier molecular flexibility index (Phi) is 22.3. The van der Waals surface area contributed by atoms with Crippen LogP contribution >= 0.6 is 43.5 Å². The van der Waals surface area contributed by atoms with Crippen LogP contribution in [0.15, 0.2) is 70.1 Å². The lowest BCUT2D eigenvalue weighted by Gasteiger charge is -2.25. The van der Waals surface area contributed by atoms with Gasteiger partial charge < -0.3 is 49.8 Å². The Morgan fingerprint density at radius 3 is 1.58 bits per heavy atom. The molecule has 79 heavy (non-hydrogen) atoms. The van der Waals surface area contributed by atoms with E-state index in [4.69, 9.17) is 41.3 Å². The van der Waals surface area contributed by atoms with Gasteiger partial charge in [0, 0.05) is 103 Å². The molecule has 0 radical (unpaired) electrons. The van der Waals surface area contributed by atoms with Crippen LogP contribution in [0, 0.1) is 13.8 Å². The highest BCUT2D eigenvalue weighted by Gasteiger charge is 2.32. The number of amides is 2. The maximum atomic E-state index is 12.4. The molecule has 2 aliphatic carbocycles. The first-order valence-corrected chi connectivity index (χ1v) is 36.9. The van der Waals surface area contributed by atoms with Gasteiger partial charge in [0.1, 0.15) is 24.7 Å². The summed E-state index contributed by atoms with van der Waals surface area (Å²) < 4.78 is 29.0. The van der Waals surface area contributed by atoms with Crippen LogP contribution in [0.3, 0.4) is 0 Å². The lowest BCUT2D eigenvalue weighted by atomic mass is 10.1. The highest BCUT2D eigenvalue weighted by atomic mass is 79.9. The van der Waals surface area contributed by atoms with E-state index in [0.29, 0.717) is 19.4 Å². The number of halogens is 3. The van der Waals surface area contributed by atoms with Gasteiger partial charge in [0.05, 0.1) is 28.5 Å². The van der Waals surface area contributed by atoms with E-state index in [0.717, 1.165) is 128 Å². The maximum absolute atomic E-state index is 12.4. The van der Waals surface area contributed by atoms with Gasteiger partial charge in [-0.3, -0.25) is 0 Å². The molecular formula is C58H85Br2ClN10O6Si2. The van der Waals surface area contributed by atoms with E-state index in [9.17, 15) is 9.59 Å². The Hall–Kier alpha value is -4.42. The summed E-state index contributed by atoms with van der Waals surface area (Å²) in [6.07, 6.45) is 13.0. The van der Waals surface area contributed by atoms with Gasteiger partial charge in [-0.25, -0.2) is 29.5 Å². The smallest absolute Gasteiger partial charge is 0.407 e. The average molecular weight is 1270 g/mol. The van der Waals surface area contributed by atoms with E-state index in [1.807, 2.05) is 67.7 Å². The zero-order valence-electron chi connectivity index (χ0n) is 48.9. The van der Waals surface area contributed by atoms with E-state index in [-0.39, 0.29) is 35.5 Å². The molecule has 2 fully saturated rings. The van der Waals surface area contributed by atoms with Crippen molar-refractivity contribution in [3.63, 3.8) is 0 Å². The molecule has 0 bridgehead atoms. The normalized spacial score (nSPS) is 17.7. The molecule has 2 aliphatic rings. The van der Waals surface area contributed by atoms with Crippen LogP contribution in [0.4, 0.5) is 15.5 Å². The van der Waals surface area contributed by atoms with Crippen LogP contribution in [0.1, 0.15) is 91.2 Å². The van der Waals surface area contributed by atoms with Crippen molar-refractivity contribution in [1.29, 1.82) is 0 Å². The summed E-state index contributed by atoms with van der Waals surface area (Å²) in [4.78, 5) is 41.8. The highest BCUT2D eigenvalue weighted by molar-refractivity contribution is 9.10. The number of nitrogens with one attached hydrogen (secondary N) is 3. The number of rotatable bonds is 16. The average Bonchev–Trinajstić information content (AvgIpc) is 4.23. The molecule has 432 valence electrons. The summed E-state index contributed by atoms with van der Waals surface area (Å²) >= 11 is 13.2. The monoisotopic (exact) mass is 1270 g/mol. The minimum atomic E-state index is -1.16. The summed E-state index contributed by atoms with van der Waals surface area (Å²) in [6, 6.07) is 15.0. The molecule has 8 rings (SSSR count). The molecule has 21 heteroatoms. The minimum Gasteiger partial charge on any atom is -0.444 e. The number of benzene rings is 2. The zero-order valence-corrected chi connectivity index (χ0v) is 54.8. The summed E-state index contributed by atoms with van der Waals surface area (Å²) in [5.41, 5.74) is 12.9. The molecule has 4 aromatic heterocycles. The van der Waals surface area contributed by atoms with E-state index in [1.165, 1.54) is 0 Å². The molecule has 2 aromatic carbocycles. The standard InChI is InChI=1S/C29H42BrN5O3Si.C19H23BrClN3OSi.C10H20N2O2/c1-19-16-31-27(32-23-9-8-10-24(23)33-28(36)38-29(2,3)4)34-26(19)22-17-35(18-37-13-14-39(5,6)7)25-15-20(30)11-12-21(22)25;1-13-10-22-19(21)23-18(13)16-11-24(12-25-7-8-26(2,3)4)17-9-14(20)5-6-15(16)17;1-10(2,3)14-9(13)12-8-6-4-5-7(8)11/h11-12,15-17,23-24H,8-10,13-14,18H2,1-7H3,(H,33,36)(H,31,32,34);5-6,9-11H,7-8,12H2,1-4H3;7-8H,4-6,11H2,1-3H3,(H,12,13)/t23-,24-;;7-,8-/m0.0/s1. The molecule has 2 amide bonds. The summed E-state index contributed by atoms with van der Waals surface area (Å²) in [6.45, 7) is 31.9. The molecule has 5 N–H and O–H groups in total. The number of nitrogens with zero attached hydrogens (tertiary/aromatic N) is 6. The lowest BCUT2D eigenvalue weighted by Crippen LogP contribution is -2.45. The molecular weight excluding hydrogens is 1180 g/mol. The molecule has 4 heterocycles. The number of anilines is 1. The Labute approximate surface area is 492 Å². The number of fused-ring (bicyclic) bond motifs is 2.